The Kier molecular flexibility index (Phi) is 4.12. The maximum atomic E-state index is 13.1. The van der Waals surface area contributed by atoms with Crippen molar-refractivity contribution >= 4 is 21.2 Å². The van der Waals surface area contributed by atoms with Crippen molar-refractivity contribution in [1.29, 1.82) is 0 Å². The molecule has 0 N–H and O–H groups in total. The molecule has 2 aromatic heterocycles. The van der Waals surface area contributed by atoms with Crippen LogP contribution in [0.4, 0.5) is 4.39 Å². The summed E-state index contributed by atoms with van der Waals surface area (Å²) < 4.78 is 39.3. The summed E-state index contributed by atoms with van der Waals surface area (Å²) in [6.07, 6.45) is 1.48. The standard InChI is InChI=1S/C20H18FN3O2S2/c1-12-17(27-11-23-12)9-24-8-16-15-6-13(14-3-5-20(21)22-7-14)2-4-18(15)28(25,26)19(16)10-24/h2-7,11,16,19H,8-10H2,1H3/t16-,19-/m1/s1. The van der Waals surface area contributed by atoms with Crippen LogP contribution in [0.15, 0.2) is 46.9 Å². The van der Waals surface area contributed by atoms with Gasteiger partial charge in [0.1, 0.15) is 0 Å². The largest absolute Gasteiger partial charge is 0.296 e. The first-order valence-electron chi connectivity index (χ1n) is 9.04. The molecular formula is C20H18FN3O2S2. The lowest BCUT2D eigenvalue weighted by atomic mass is 9.95. The molecule has 0 spiro atoms. The smallest absolute Gasteiger partial charge is 0.212 e. The van der Waals surface area contributed by atoms with E-state index in [2.05, 4.69) is 14.9 Å². The molecule has 0 aliphatic carbocycles. The molecule has 0 radical (unpaired) electrons. The Balaban J connectivity index is 1.49. The number of hydrogen-bond donors (Lipinski definition) is 0. The number of benzene rings is 1. The minimum atomic E-state index is -3.34. The van der Waals surface area contributed by atoms with Crippen molar-refractivity contribution in [3.63, 3.8) is 0 Å². The van der Waals surface area contributed by atoms with Gasteiger partial charge in [-0.25, -0.2) is 18.4 Å². The number of pyridine rings is 1. The second-order valence-corrected chi connectivity index (χ2v) is 10.4. The van der Waals surface area contributed by atoms with E-state index in [1.54, 1.807) is 29.5 Å². The number of halogens is 1. The van der Waals surface area contributed by atoms with E-state index in [9.17, 15) is 12.8 Å². The first-order chi connectivity index (χ1) is 13.4. The first kappa shape index (κ1) is 17.9. The van der Waals surface area contributed by atoms with E-state index in [1.807, 2.05) is 18.5 Å². The molecule has 2 aliphatic heterocycles. The maximum absolute atomic E-state index is 13.1. The van der Waals surface area contributed by atoms with Gasteiger partial charge in [0.15, 0.2) is 9.84 Å². The Labute approximate surface area is 166 Å². The summed E-state index contributed by atoms with van der Waals surface area (Å²) in [6.45, 7) is 3.96. The summed E-state index contributed by atoms with van der Waals surface area (Å²) in [4.78, 5) is 11.8. The molecule has 0 amide bonds. The fourth-order valence-corrected chi connectivity index (χ4v) is 7.28. The summed E-state index contributed by atoms with van der Waals surface area (Å²) in [5.41, 5.74) is 5.35. The van der Waals surface area contributed by atoms with Crippen LogP contribution in [0.25, 0.3) is 11.1 Å². The highest BCUT2D eigenvalue weighted by Gasteiger charge is 2.50. The molecular weight excluding hydrogens is 397 g/mol. The van der Waals surface area contributed by atoms with Crippen molar-refractivity contribution in [2.45, 2.75) is 29.5 Å². The zero-order valence-corrected chi connectivity index (χ0v) is 16.8. The lowest BCUT2D eigenvalue weighted by Gasteiger charge is -2.17. The van der Waals surface area contributed by atoms with Crippen LogP contribution in [0.5, 0.6) is 0 Å². The van der Waals surface area contributed by atoms with Crippen molar-refractivity contribution in [3.05, 3.63) is 64.1 Å². The van der Waals surface area contributed by atoms with Crippen LogP contribution in [0, 0.1) is 12.9 Å². The zero-order valence-electron chi connectivity index (χ0n) is 15.2. The lowest BCUT2D eigenvalue weighted by Crippen LogP contribution is -2.25. The Morgan fingerprint density at radius 3 is 2.71 bits per heavy atom. The normalized spacial score (nSPS) is 22.9. The number of aryl methyl sites for hydroxylation is 1. The van der Waals surface area contributed by atoms with E-state index < -0.39 is 21.0 Å². The minimum absolute atomic E-state index is 0.0402. The SMILES string of the molecule is Cc1ncsc1CN1C[C@@H]2c3cc(-c4ccc(F)nc4)ccc3S(=O)(=O)[C@@H]2C1. The van der Waals surface area contributed by atoms with Crippen LogP contribution in [-0.2, 0) is 16.4 Å². The van der Waals surface area contributed by atoms with Gasteiger partial charge in [-0.2, -0.15) is 4.39 Å². The van der Waals surface area contributed by atoms with Gasteiger partial charge in [-0.05, 0) is 42.3 Å². The Morgan fingerprint density at radius 1 is 1.18 bits per heavy atom. The van der Waals surface area contributed by atoms with Gasteiger partial charge in [0, 0.05) is 42.2 Å². The number of fused-ring (bicyclic) bond motifs is 3. The molecule has 1 saturated heterocycles. The van der Waals surface area contributed by atoms with Crippen LogP contribution in [0.2, 0.25) is 0 Å². The molecule has 0 unspecified atom stereocenters. The van der Waals surface area contributed by atoms with E-state index in [-0.39, 0.29) is 5.92 Å². The van der Waals surface area contributed by atoms with Crippen LogP contribution < -0.4 is 0 Å². The van der Waals surface area contributed by atoms with Gasteiger partial charge in [-0.15, -0.1) is 11.3 Å². The average molecular weight is 416 g/mol. The molecule has 4 heterocycles. The van der Waals surface area contributed by atoms with Gasteiger partial charge in [0.2, 0.25) is 5.95 Å². The monoisotopic (exact) mass is 415 g/mol. The third-order valence-corrected chi connectivity index (χ3v) is 8.91. The third-order valence-electron chi connectivity index (χ3n) is 5.73. The molecule has 5 rings (SSSR count). The highest BCUT2D eigenvalue weighted by atomic mass is 32.2. The molecule has 28 heavy (non-hydrogen) atoms. The molecule has 0 bridgehead atoms. The zero-order chi connectivity index (χ0) is 19.5. The van der Waals surface area contributed by atoms with Gasteiger partial charge in [0.05, 0.1) is 21.3 Å². The van der Waals surface area contributed by atoms with Crippen molar-refractivity contribution in [3.8, 4) is 11.1 Å². The number of aromatic nitrogens is 2. The van der Waals surface area contributed by atoms with E-state index in [4.69, 9.17) is 0 Å². The Hall–Kier alpha value is -2.16. The average Bonchev–Trinajstić information content (AvgIpc) is 3.33. The van der Waals surface area contributed by atoms with Crippen molar-refractivity contribution in [2.24, 2.45) is 0 Å². The number of hydrogen-bond acceptors (Lipinski definition) is 6. The van der Waals surface area contributed by atoms with Crippen molar-refractivity contribution in [1.82, 2.24) is 14.9 Å². The predicted molar refractivity (Wildman–Crippen MR) is 105 cm³/mol. The predicted octanol–water partition coefficient (Wildman–Crippen LogP) is 3.41. The number of sulfone groups is 1. The summed E-state index contributed by atoms with van der Waals surface area (Å²) in [7, 11) is -3.34. The number of nitrogens with zero attached hydrogens (tertiary/aromatic N) is 3. The molecule has 8 heteroatoms. The summed E-state index contributed by atoms with van der Waals surface area (Å²) >= 11 is 1.61. The van der Waals surface area contributed by atoms with E-state index in [0.29, 0.717) is 18.0 Å². The second-order valence-electron chi connectivity index (χ2n) is 7.37. The van der Waals surface area contributed by atoms with Gasteiger partial charge in [-0.1, -0.05) is 6.07 Å². The molecule has 2 atom stereocenters. The van der Waals surface area contributed by atoms with Crippen LogP contribution in [0.1, 0.15) is 22.1 Å². The fraction of sp³-hybridized carbons (Fsp3) is 0.300. The summed E-state index contributed by atoms with van der Waals surface area (Å²) in [5, 5.41) is -0.405. The highest BCUT2D eigenvalue weighted by molar-refractivity contribution is 7.92. The topological polar surface area (TPSA) is 63.2 Å². The maximum Gasteiger partial charge on any atom is 0.212 e. The molecule has 5 nitrogen and oxygen atoms in total. The third kappa shape index (κ3) is 2.78. The molecule has 144 valence electrons. The molecule has 1 fully saturated rings. The van der Waals surface area contributed by atoms with E-state index >= 15 is 0 Å². The molecule has 3 aromatic rings. The van der Waals surface area contributed by atoms with Gasteiger partial charge in [0.25, 0.3) is 0 Å². The Morgan fingerprint density at radius 2 is 2.00 bits per heavy atom. The molecule has 0 saturated carbocycles. The van der Waals surface area contributed by atoms with Crippen molar-refractivity contribution < 1.29 is 12.8 Å². The van der Waals surface area contributed by atoms with Gasteiger partial charge >= 0.3 is 0 Å². The number of rotatable bonds is 3. The quantitative estimate of drug-likeness (QED) is 0.614. The first-order valence-corrected chi connectivity index (χ1v) is 11.5. The van der Waals surface area contributed by atoms with Crippen LogP contribution in [0.3, 0.4) is 0 Å². The summed E-state index contributed by atoms with van der Waals surface area (Å²) in [6, 6.07) is 8.40. The molecule has 1 aromatic carbocycles. The van der Waals surface area contributed by atoms with E-state index in [1.165, 1.54) is 17.1 Å². The fourth-order valence-electron chi connectivity index (χ4n) is 4.26. The molecule has 2 aliphatic rings. The van der Waals surface area contributed by atoms with Crippen LogP contribution in [-0.4, -0.2) is 41.6 Å². The minimum Gasteiger partial charge on any atom is -0.296 e. The number of likely N-dealkylation sites (tertiary alicyclic amines) is 1. The number of thiazole rings is 1. The van der Waals surface area contributed by atoms with Gasteiger partial charge < -0.3 is 0 Å². The van der Waals surface area contributed by atoms with E-state index in [0.717, 1.165) is 28.9 Å². The summed E-state index contributed by atoms with van der Waals surface area (Å²) in [5.74, 6) is -0.570. The highest BCUT2D eigenvalue weighted by Crippen LogP contribution is 2.46. The van der Waals surface area contributed by atoms with Crippen LogP contribution >= 0.6 is 11.3 Å². The second kappa shape index (κ2) is 6.43. The lowest BCUT2D eigenvalue weighted by molar-refractivity contribution is 0.327. The Bertz CT molecular complexity index is 1160. The van der Waals surface area contributed by atoms with Gasteiger partial charge in [-0.3, -0.25) is 4.90 Å². The van der Waals surface area contributed by atoms with Crippen molar-refractivity contribution in [2.75, 3.05) is 13.1 Å².